The highest BCUT2D eigenvalue weighted by Gasteiger charge is 2.23. The lowest BCUT2D eigenvalue weighted by molar-refractivity contribution is -0.385. The summed E-state index contributed by atoms with van der Waals surface area (Å²) >= 11 is 0. The molecule has 0 saturated heterocycles. The Morgan fingerprint density at radius 3 is 2.71 bits per heavy atom. The first-order valence-electron chi connectivity index (χ1n) is 5.42. The van der Waals surface area contributed by atoms with Gasteiger partial charge in [0, 0.05) is 19.6 Å². The van der Waals surface area contributed by atoms with Crippen molar-refractivity contribution < 1.29 is 9.66 Å². The van der Waals surface area contributed by atoms with Gasteiger partial charge in [-0.25, -0.2) is 0 Å². The van der Waals surface area contributed by atoms with Crippen LogP contribution in [0.3, 0.4) is 0 Å². The summed E-state index contributed by atoms with van der Waals surface area (Å²) in [5.74, 6) is 0.267. The van der Waals surface area contributed by atoms with Gasteiger partial charge < -0.3 is 15.4 Å². The molecule has 0 spiro atoms. The average Bonchev–Trinajstić information content (AvgIpc) is 2.34. The SMILES string of the molecule is CCN(CCN)c1cccc(OC)c1[N+](=O)[O-]. The van der Waals surface area contributed by atoms with E-state index in [2.05, 4.69) is 0 Å². The maximum absolute atomic E-state index is 11.1. The normalized spacial score (nSPS) is 10.1. The van der Waals surface area contributed by atoms with Crippen LogP contribution in [0.1, 0.15) is 6.92 Å². The number of hydrogen-bond donors (Lipinski definition) is 1. The van der Waals surface area contributed by atoms with Crippen LogP contribution in [-0.4, -0.2) is 31.7 Å². The number of rotatable bonds is 6. The molecular weight excluding hydrogens is 222 g/mol. The van der Waals surface area contributed by atoms with Gasteiger partial charge in [0.2, 0.25) is 0 Å². The van der Waals surface area contributed by atoms with E-state index in [9.17, 15) is 10.1 Å². The molecule has 0 aliphatic carbocycles. The minimum Gasteiger partial charge on any atom is -0.490 e. The number of nitro groups is 1. The molecule has 1 aromatic rings. The lowest BCUT2D eigenvalue weighted by Gasteiger charge is -2.22. The van der Waals surface area contributed by atoms with Crippen LogP contribution in [0.15, 0.2) is 18.2 Å². The Hall–Kier alpha value is -1.82. The van der Waals surface area contributed by atoms with Crippen LogP contribution in [0.4, 0.5) is 11.4 Å². The van der Waals surface area contributed by atoms with Gasteiger partial charge in [-0.15, -0.1) is 0 Å². The number of hydrogen-bond acceptors (Lipinski definition) is 5. The van der Waals surface area contributed by atoms with Gasteiger partial charge in [0.1, 0.15) is 5.69 Å². The van der Waals surface area contributed by atoms with Crippen molar-refractivity contribution in [3.05, 3.63) is 28.3 Å². The average molecular weight is 239 g/mol. The van der Waals surface area contributed by atoms with E-state index < -0.39 is 4.92 Å². The number of likely N-dealkylation sites (N-methyl/N-ethyl adjacent to an activating group) is 1. The molecule has 6 heteroatoms. The van der Waals surface area contributed by atoms with E-state index in [1.165, 1.54) is 7.11 Å². The lowest BCUT2D eigenvalue weighted by Crippen LogP contribution is -2.29. The second-order valence-corrected chi connectivity index (χ2v) is 3.45. The number of benzene rings is 1. The van der Waals surface area contributed by atoms with Crippen molar-refractivity contribution in [2.75, 3.05) is 31.6 Å². The molecule has 0 aromatic heterocycles. The zero-order valence-corrected chi connectivity index (χ0v) is 10.0. The van der Waals surface area contributed by atoms with Crippen molar-refractivity contribution in [1.29, 1.82) is 0 Å². The third-order valence-corrected chi connectivity index (χ3v) is 2.50. The molecule has 1 rings (SSSR count). The second kappa shape index (κ2) is 6.05. The molecule has 0 atom stereocenters. The molecule has 17 heavy (non-hydrogen) atoms. The largest absolute Gasteiger partial charge is 0.490 e. The van der Waals surface area contributed by atoms with E-state index in [-0.39, 0.29) is 11.4 Å². The van der Waals surface area contributed by atoms with Crippen LogP contribution in [0.2, 0.25) is 0 Å². The van der Waals surface area contributed by atoms with Crippen molar-refractivity contribution in [1.82, 2.24) is 0 Å². The molecule has 0 unspecified atom stereocenters. The summed E-state index contributed by atoms with van der Waals surface area (Å²) in [7, 11) is 1.42. The minimum atomic E-state index is -0.423. The van der Waals surface area contributed by atoms with Crippen molar-refractivity contribution in [2.45, 2.75) is 6.92 Å². The predicted molar refractivity (Wildman–Crippen MR) is 66.6 cm³/mol. The summed E-state index contributed by atoms with van der Waals surface area (Å²) in [6.07, 6.45) is 0. The highest BCUT2D eigenvalue weighted by molar-refractivity contribution is 5.69. The number of ether oxygens (including phenoxy) is 1. The number of nitrogens with two attached hydrogens (primary N) is 1. The fraction of sp³-hybridized carbons (Fsp3) is 0.455. The molecule has 0 saturated carbocycles. The van der Waals surface area contributed by atoms with Gasteiger partial charge in [0.15, 0.2) is 5.75 Å². The monoisotopic (exact) mass is 239 g/mol. The second-order valence-electron chi connectivity index (χ2n) is 3.45. The highest BCUT2D eigenvalue weighted by Crippen LogP contribution is 2.36. The summed E-state index contributed by atoms with van der Waals surface area (Å²) in [5, 5.41) is 11.1. The fourth-order valence-electron chi connectivity index (χ4n) is 1.72. The molecule has 0 radical (unpaired) electrons. The van der Waals surface area contributed by atoms with Gasteiger partial charge >= 0.3 is 5.69 Å². The van der Waals surface area contributed by atoms with Gasteiger partial charge in [-0.2, -0.15) is 0 Å². The minimum absolute atomic E-state index is 0.00898. The standard InChI is InChI=1S/C11H17N3O3/c1-3-13(8-7-12)9-5-4-6-10(17-2)11(9)14(15)16/h4-6H,3,7-8,12H2,1-2H3. The van der Waals surface area contributed by atoms with Crippen LogP contribution >= 0.6 is 0 Å². The first kappa shape index (κ1) is 13.2. The van der Waals surface area contributed by atoms with Crippen molar-refractivity contribution >= 4 is 11.4 Å². The summed E-state index contributed by atoms with van der Waals surface area (Å²) in [4.78, 5) is 12.5. The van der Waals surface area contributed by atoms with Gasteiger partial charge in [-0.05, 0) is 19.1 Å². The maximum Gasteiger partial charge on any atom is 0.333 e. The molecule has 0 aliphatic heterocycles. The van der Waals surface area contributed by atoms with Gasteiger partial charge in [-0.3, -0.25) is 10.1 Å². The zero-order chi connectivity index (χ0) is 12.8. The molecule has 1 aromatic carbocycles. The van der Waals surface area contributed by atoms with E-state index in [1.54, 1.807) is 18.2 Å². The smallest absolute Gasteiger partial charge is 0.333 e. The van der Waals surface area contributed by atoms with E-state index >= 15 is 0 Å². The molecule has 2 N–H and O–H groups in total. The quantitative estimate of drug-likeness (QED) is 0.599. The summed E-state index contributed by atoms with van der Waals surface area (Å²) in [6, 6.07) is 5.03. The summed E-state index contributed by atoms with van der Waals surface area (Å²) < 4.78 is 5.02. The Kier molecular flexibility index (Phi) is 4.71. The van der Waals surface area contributed by atoms with E-state index in [0.29, 0.717) is 25.3 Å². The van der Waals surface area contributed by atoms with Crippen molar-refractivity contribution in [2.24, 2.45) is 5.73 Å². The Balaban J connectivity index is 3.25. The number of nitro benzene ring substituents is 1. The Morgan fingerprint density at radius 1 is 1.53 bits per heavy atom. The fourth-order valence-corrected chi connectivity index (χ4v) is 1.72. The predicted octanol–water partition coefficient (Wildman–Crippen LogP) is 1.39. The number of anilines is 1. The summed E-state index contributed by atoms with van der Waals surface area (Å²) in [6.45, 7) is 3.61. The molecule has 94 valence electrons. The van der Waals surface area contributed by atoms with Crippen LogP contribution in [0, 0.1) is 10.1 Å². The van der Waals surface area contributed by atoms with Crippen molar-refractivity contribution in [3.63, 3.8) is 0 Å². The highest BCUT2D eigenvalue weighted by atomic mass is 16.6. The zero-order valence-electron chi connectivity index (χ0n) is 10.0. The topological polar surface area (TPSA) is 81.6 Å². The first-order chi connectivity index (χ1) is 8.15. The Bertz CT molecular complexity index is 396. The van der Waals surface area contributed by atoms with Crippen LogP contribution in [0.25, 0.3) is 0 Å². The molecule has 0 amide bonds. The maximum atomic E-state index is 11.1. The third kappa shape index (κ3) is 2.85. The van der Waals surface area contributed by atoms with E-state index in [0.717, 1.165) is 0 Å². The molecule has 0 heterocycles. The molecular formula is C11H17N3O3. The van der Waals surface area contributed by atoms with Crippen LogP contribution < -0.4 is 15.4 Å². The number of methoxy groups -OCH3 is 1. The van der Waals surface area contributed by atoms with Crippen LogP contribution in [-0.2, 0) is 0 Å². The molecule has 0 fully saturated rings. The molecule has 0 aliphatic rings. The van der Waals surface area contributed by atoms with Crippen LogP contribution in [0.5, 0.6) is 5.75 Å². The molecule has 6 nitrogen and oxygen atoms in total. The molecule has 0 bridgehead atoms. The van der Waals surface area contributed by atoms with Gasteiger partial charge in [0.05, 0.1) is 12.0 Å². The Labute approximate surface area is 100 Å². The number of para-hydroxylation sites is 1. The van der Waals surface area contributed by atoms with Gasteiger partial charge in [0.25, 0.3) is 0 Å². The third-order valence-electron chi connectivity index (χ3n) is 2.50. The van der Waals surface area contributed by atoms with Gasteiger partial charge in [-0.1, -0.05) is 6.07 Å². The van der Waals surface area contributed by atoms with E-state index in [1.807, 2.05) is 11.8 Å². The lowest BCUT2D eigenvalue weighted by atomic mass is 10.2. The number of nitrogens with zero attached hydrogens (tertiary/aromatic N) is 2. The first-order valence-corrected chi connectivity index (χ1v) is 5.42. The summed E-state index contributed by atoms with van der Waals surface area (Å²) in [5.41, 5.74) is 6.03. The van der Waals surface area contributed by atoms with E-state index in [4.69, 9.17) is 10.5 Å². The Morgan fingerprint density at radius 2 is 2.24 bits per heavy atom. The van der Waals surface area contributed by atoms with Crippen molar-refractivity contribution in [3.8, 4) is 5.75 Å².